The van der Waals surface area contributed by atoms with Crippen molar-refractivity contribution < 1.29 is 8.42 Å². The molecule has 0 amide bonds. The second-order valence-electron chi connectivity index (χ2n) is 5.06. The molecule has 1 aromatic carbocycles. The molecule has 0 saturated heterocycles. The quantitative estimate of drug-likeness (QED) is 0.768. The van der Waals surface area contributed by atoms with Gasteiger partial charge in [0.15, 0.2) is 0 Å². The van der Waals surface area contributed by atoms with Crippen molar-refractivity contribution in [3.8, 4) is 0 Å². The van der Waals surface area contributed by atoms with E-state index in [1.165, 1.54) is 6.20 Å². The minimum absolute atomic E-state index is 0.247. The van der Waals surface area contributed by atoms with Crippen molar-refractivity contribution in [3.05, 3.63) is 47.3 Å². The first-order chi connectivity index (χ1) is 9.92. The van der Waals surface area contributed by atoms with Gasteiger partial charge in [-0.15, -0.1) is 0 Å². The Morgan fingerprint density at radius 3 is 2.67 bits per heavy atom. The number of sulfonamides is 1. The maximum atomic E-state index is 12.4. The molecule has 2 rings (SSSR count). The summed E-state index contributed by atoms with van der Waals surface area (Å²) in [6.45, 7) is 7.27. The Kier molecular flexibility index (Phi) is 4.69. The molecule has 1 heterocycles. The maximum absolute atomic E-state index is 12.4. The van der Waals surface area contributed by atoms with E-state index < -0.39 is 10.0 Å². The van der Waals surface area contributed by atoms with Gasteiger partial charge in [-0.3, -0.25) is 4.72 Å². The van der Waals surface area contributed by atoms with Crippen LogP contribution in [0.5, 0.6) is 0 Å². The minimum atomic E-state index is -3.57. The topological polar surface area (TPSA) is 74.0 Å². The highest BCUT2D eigenvalue weighted by molar-refractivity contribution is 7.92. The van der Waals surface area contributed by atoms with E-state index in [0.29, 0.717) is 12.2 Å². The second kappa shape index (κ2) is 6.32. The Hall–Kier alpha value is -1.79. The molecule has 6 heteroatoms. The van der Waals surface area contributed by atoms with Crippen molar-refractivity contribution >= 4 is 15.7 Å². The summed E-state index contributed by atoms with van der Waals surface area (Å²) >= 11 is 0. The van der Waals surface area contributed by atoms with E-state index in [-0.39, 0.29) is 4.90 Å². The van der Waals surface area contributed by atoms with Gasteiger partial charge in [0.05, 0.1) is 5.69 Å². The fraction of sp³-hybridized carbons (Fsp3) is 0.333. The fourth-order valence-electron chi connectivity index (χ4n) is 1.99. The standard InChI is InChI=1S/C15H21N3O2S/c1-4-16-9-13-8-14(10-17-13)21(19,20)18-15-7-11(2)5-6-12(15)3/h5-8,10,16-18H,4,9H2,1-3H3. The molecule has 0 saturated carbocycles. The molecule has 114 valence electrons. The number of aromatic nitrogens is 1. The fourth-order valence-corrected chi connectivity index (χ4v) is 3.12. The molecule has 2 aromatic rings. The molecule has 0 atom stereocenters. The average molecular weight is 307 g/mol. The van der Waals surface area contributed by atoms with Crippen LogP contribution in [0.25, 0.3) is 0 Å². The molecule has 0 fully saturated rings. The number of benzene rings is 1. The summed E-state index contributed by atoms with van der Waals surface area (Å²) in [5, 5.41) is 3.15. The van der Waals surface area contributed by atoms with Crippen LogP contribution in [0, 0.1) is 13.8 Å². The number of aromatic amines is 1. The first-order valence-electron chi connectivity index (χ1n) is 6.90. The summed E-state index contributed by atoms with van der Waals surface area (Å²) in [5.41, 5.74) is 3.37. The number of aryl methyl sites for hydroxylation is 2. The van der Waals surface area contributed by atoms with Crippen LogP contribution in [0.1, 0.15) is 23.7 Å². The van der Waals surface area contributed by atoms with Crippen LogP contribution in [0.3, 0.4) is 0 Å². The molecule has 0 aliphatic heterocycles. The van der Waals surface area contributed by atoms with Crippen LogP contribution in [-0.2, 0) is 16.6 Å². The molecule has 3 N–H and O–H groups in total. The summed E-state index contributed by atoms with van der Waals surface area (Å²) in [6.07, 6.45) is 1.51. The van der Waals surface area contributed by atoms with Gasteiger partial charge in [0.2, 0.25) is 0 Å². The zero-order chi connectivity index (χ0) is 15.5. The number of H-pyrrole nitrogens is 1. The van der Waals surface area contributed by atoms with E-state index in [2.05, 4.69) is 15.0 Å². The molecule has 0 radical (unpaired) electrons. The molecular formula is C15H21N3O2S. The van der Waals surface area contributed by atoms with E-state index in [0.717, 1.165) is 23.4 Å². The molecule has 0 bridgehead atoms. The summed E-state index contributed by atoms with van der Waals surface area (Å²) in [7, 11) is -3.57. The average Bonchev–Trinajstić information content (AvgIpc) is 2.90. The third-order valence-corrected chi connectivity index (χ3v) is 4.57. The van der Waals surface area contributed by atoms with Gasteiger partial charge in [-0.05, 0) is 43.7 Å². The normalized spacial score (nSPS) is 11.6. The van der Waals surface area contributed by atoms with Crippen molar-refractivity contribution in [2.75, 3.05) is 11.3 Å². The Morgan fingerprint density at radius 2 is 1.95 bits per heavy atom. The Bertz CT molecular complexity index is 720. The number of rotatable bonds is 6. The third kappa shape index (κ3) is 3.86. The highest BCUT2D eigenvalue weighted by Gasteiger charge is 2.17. The van der Waals surface area contributed by atoms with Crippen molar-refractivity contribution in [3.63, 3.8) is 0 Å². The minimum Gasteiger partial charge on any atom is -0.363 e. The van der Waals surface area contributed by atoms with Crippen LogP contribution in [-0.4, -0.2) is 19.9 Å². The second-order valence-corrected chi connectivity index (χ2v) is 6.75. The van der Waals surface area contributed by atoms with Gasteiger partial charge in [-0.25, -0.2) is 8.42 Å². The first-order valence-corrected chi connectivity index (χ1v) is 8.39. The maximum Gasteiger partial charge on any atom is 0.263 e. The van der Waals surface area contributed by atoms with Crippen molar-refractivity contribution in [1.29, 1.82) is 0 Å². The van der Waals surface area contributed by atoms with E-state index >= 15 is 0 Å². The lowest BCUT2D eigenvalue weighted by molar-refractivity contribution is 0.601. The smallest absolute Gasteiger partial charge is 0.263 e. The third-order valence-electron chi connectivity index (χ3n) is 3.23. The van der Waals surface area contributed by atoms with Gasteiger partial charge in [-0.2, -0.15) is 0 Å². The first kappa shape index (κ1) is 15.6. The monoisotopic (exact) mass is 307 g/mol. The molecule has 0 spiro atoms. The lowest BCUT2D eigenvalue weighted by atomic mass is 10.1. The summed E-state index contributed by atoms with van der Waals surface area (Å²) in [4.78, 5) is 3.22. The van der Waals surface area contributed by atoms with Crippen molar-refractivity contribution in [2.45, 2.75) is 32.2 Å². The largest absolute Gasteiger partial charge is 0.363 e. The zero-order valence-electron chi connectivity index (χ0n) is 12.5. The molecule has 1 aromatic heterocycles. The highest BCUT2D eigenvalue weighted by atomic mass is 32.2. The predicted octanol–water partition coefficient (Wildman–Crippen LogP) is 2.54. The molecule has 0 aliphatic carbocycles. The predicted molar refractivity (Wildman–Crippen MR) is 84.9 cm³/mol. The highest BCUT2D eigenvalue weighted by Crippen LogP contribution is 2.21. The van der Waals surface area contributed by atoms with Gasteiger partial charge in [-0.1, -0.05) is 19.1 Å². The number of nitrogens with one attached hydrogen (secondary N) is 3. The zero-order valence-corrected chi connectivity index (χ0v) is 13.3. The van der Waals surface area contributed by atoms with Gasteiger partial charge < -0.3 is 10.3 Å². The molecular weight excluding hydrogens is 286 g/mol. The van der Waals surface area contributed by atoms with Crippen molar-refractivity contribution in [1.82, 2.24) is 10.3 Å². The van der Waals surface area contributed by atoms with Crippen LogP contribution in [0.2, 0.25) is 0 Å². The van der Waals surface area contributed by atoms with E-state index in [1.54, 1.807) is 6.07 Å². The lowest BCUT2D eigenvalue weighted by Crippen LogP contribution is -2.13. The summed E-state index contributed by atoms with van der Waals surface area (Å²) in [5.74, 6) is 0. The lowest BCUT2D eigenvalue weighted by Gasteiger charge is -2.10. The number of hydrogen-bond acceptors (Lipinski definition) is 3. The molecule has 5 nitrogen and oxygen atoms in total. The van der Waals surface area contributed by atoms with Gasteiger partial charge in [0, 0.05) is 18.4 Å². The number of hydrogen-bond donors (Lipinski definition) is 3. The van der Waals surface area contributed by atoms with Crippen molar-refractivity contribution in [2.24, 2.45) is 0 Å². The van der Waals surface area contributed by atoms with Crippen LogP contribution < -0.4 is 10.0 Å². The molecule has 21 heavy (non-hydrogen) atoms. The Morgan fingerprint density at radius 1 is 1.19 bits per heavy atom. The summed E-state index contributed by atoms with van der Waals surface area (Å²) < 4.78 is 27.4. The molecule has 0 aliphatic rings. The van der Waals surface area contributed by atoms with E-state index in [4.69, 9.17) is 0 Å². The Labute approximate surface area is 125 Å². The molecule has 0 unspecified atom stereocenters. The van der Waals surface area contributed by atoms with E-state index in [1.807, 2.05) is 39.0 Å². The Balaban J connectivity index is 2.22. The van der Waals surface area contributed by atoms with Crippen LogP contribution >= 0.6 is 0 Å². The SMILES string of the molecule is CCNCc1cc(S(=O)(=O)Nc2cc(C)ccc2C)c[nH]1. The summed E-state index contributed by atoms with van der Waals surface area (Å²) in [6, 6.07) is 7.34. The van der Waals surface area contributed by atoms with Gasteiger partial charge >= 0.3 is 0 Å². The van der Waals surface area contributed by atoms with Crippen LogP contribution in [0.15, 0.2) is 35.4 Å². The van der Waals surface area contributed by atoms with E-state index in [9.17, 15) is 8.42 Å². The number of anilines is 1. The van der Waals surface area contributed by atoms with Gasteiger partial charge in [0.1, 0.15) is 4.90 Å². The van der Waals surface area contributed by atoms with Crippen LogP contribution in [0.4, 0.5) is 5.69 Å². The van der Waals surface area contributed by atoms with Gasteiger partial charge in [0.25, 0.3) is 10.0 Å².